The van der Waals surface area contributed by atoms with Gasteiger partial charge in [0.05, 0.1) is 0 Å². The zero-order valence-electron chi connectivity index (χ0n) is 12.5. The molecule has 1 saturated carbocycles. The van der Waals surface area contributed by atoms with Crippen LogP contribution in [-0.2, 0) is 16.6 Å². The van der Waals surface area contributed by atoms with Crippen LogP contribution < -0.4 is 0 Å². The van der Waals surface area contributed by atoms with E-state index in [9.17, 15) is 30.4 Å². The first kappa shape index (κ1) is 17.7. The summed E-state index contributed by atoms with van der Waals surface area (Å²) < 4.78 is 93.9. The molecule has 0 aliphatic heterocycles. The van der Waals surface area contributed by atoms with Gasteiger partial charge >= 0.3 is 0 Å². The minimum Gasteiger partial charge on any atom is -0.265 e. The second-order valence-corrected chi connectivity index (χ2v) is 7.36. The molecular formula is C15H11F5N2O2S. The van der Waals surface area contributed by atoms with Gasteiger partial charge in [-0.15, -0.1) is 0 Å². The predicted octanol–water partition coefficient (Wildman–Crippen LogP) is 3.13. The van der Waals surface area contributed by atoms with Crippen molar-refractivity contribution in [3.8, 4) is 0 Å². The Labute approximate surface area is 140 Å². The first-order chi connectivity index (χ1) is 11.7. The number of hydrogen-bond acceptors (Lipinski definition) is 3. The topological polar surface area (TPSA) is 50.3 Å². The van der Waals surface area contributed by atoms with Gasteiger partial charge in [0.2, 0.25) is 15.8 Å². The quantitative estimate of drug-likeness (QED) is 0.456. The van der Waals surface area contributed by atoms with Crippen molar-refractivity contribution in [3.63, 3.8) is 0 Å². The molecule has 10 heteroatoms. The molecule has 1 aliphatic carbocycles. The van der Waals surface area contributed by atoms with E-state index < -0.39 is 50.0 Å². The van der Waals surface area contributed by atoms with Crippen LogP contribution in [0.25, 0.3) is 0 Å². The van der Waals surface area contributed by atoms with Crippen molar-refractivity contribution in [1.29, 1.82) is 0 Å². The van der Waals surface area contributed by atoms with Crippen molar-refractivity contribution in [2.75, 3.05) is 0 Å². The maximum Gasteiger partial charge on any atom is 0.249 e. The lowest BCUT2D eigenvalue weighted by atomic mass is 10.3. The molecular weight excluding hydrogens is 367 g/mol. The van der Waals surface area contributed by atoms with E-state index in [1.54, 1.807) is 0 Å². The summed E-state index contributed by atoms with van der Waals surface area (Å²) in [5.74, 6) is -11.7. The fraction of sp³-hybridized carbons (Fsp3) is 0.267. The van der Waals surface area contributed by atoms with E-state index in [2.05, 4.69) is 4.98 Å². The Morgan fingerprint density at radius 2 is 1.40 bits per heavy atom. The standard InChI is InChI=1S/C15H11F5N2O2S/c16-10-11(17)13(19)15(14(20)12(10)18)25(23,24)22(9-1-2-9)7-8-3-5-21-6-4-8/h3-6,9H,1-2,7H2. The van der Waals surface area contributed by atoms with Crippen LogP contribution in [0.1, 0.15) is 18.4 Å². The lowest BCUT2D eigenvalue weighted by molar-refractivity contribution is 0.346. The molecule has 0 amide bonds. The third kappa shape index (κ3) is 3.11. The van der Waals surface area contributed by atoms with Gasteiger partial charge in [0.25, 0.3) is 0 Å². The van der Waals surface area contributed by atoms with Crippen molar-refractivity contribution < 1.29 is 30.4 Å². The fourth-order valence-electron chi connectivity index (χ4n) is 2.37. The summed E-state index contributed by atoms with van der Waals surface area (Å²) in [6.45, 7) is -0.269. The third-order valence-corrected chi connectivity index (χ3v) is 5.70. The molecule has 0 unspecified atom stereocenters. The van der Waals surface area contributed by atoms with Gasteiger partial charge in [0, 0.05) is 25.0 Å². The number of hydrogen-bond donors (Lipinski definition) is 0. The monoisotopic (exact) mass is 378 g/mol. The second kappa shape index (κ2) is 6.34. The van der Waals surface area contributed by atoms with Crippen molar-refractivity contribution in [1.82, 2.24) is 9.29 Å². The SMILES string of the molecule is O=S(=O)(c1c(F)c(F)c(F)c(F)c1F)N(Cc1ccncc1)C1CC1. The Bertz CT molecular complexity index is 888. The molecule has 134 valence electrons. The number of aromatic nitrogens is 1. The summed E-state index contributed by atoms with van der Waals surface area (Å²) in [5, 5.41) is 0. The number of sulfonamides is 1. The van der Waals surface area contributed by atoms with Crippen LogP contribution >= 0.6 is 0 Å². The van der Waals surface area contributed by atoms with Gasteiger partial charge < -0.3 is 0 Å². The maximum absolute atomic E-state index is 13.9. The summed E-state index contributed by atoms with van der Waals surface area (Å²) in [4.78, 5) is 1.94. The number of nitrogens with zero attached hydrogens (tertiary/aromatic N) is 2. The molecule has 0 bridgehead atoms. The van der Waals surface area contributed by atoms with Crippen molar-refractivity contribution in [2.24, 2.45) is 0 Å². The molecule has 0 radical (unpaired) electrons. The highest BCUT2D eigenvalue weighted by Crippen LogP contribution is 2.36. The molecule has 1 aromatic carbocycles. The summed E-state index contributed by atoms with van der Waals surface area (Å²) in [6.07, 6.45) is 3.65. The second-order valence-electron chi connectivity index (χ2n) is 5.54. The average Bonchev–Trinajstić information content (AvgIpc) is 3.41. The van der Waals surface area contributed by atoms with E-state index in [0.29, 0.717) is 18.4 Å². The highest BCUT2D eigenvalue weighted by atomic mass is 32.2. The molecule has 3 rings (SSSR count). The van der Waals surface area contributed by atoms with Gasteiger partial charge in [0.1, 0.15) is 0 Å². The van der Waals surface area contributed by atoms with E-state index in [0.717, 1.165) is 4.31 Å². The van der Waals surface area contributed by atoms with Crippen LogP contribution in [0.3, 0.4) is 0 Å². The summed E-state index contributed by atoms with van der Waals surface area (Å²) in [7, 11) is -4.94. The molecule has 1 fully saturated rings. The molecule has 1 aliphatic rings. The Morgan fingerprint density at radius 3 is 1.88 bits per heavy atom. The number of benzene rings is 1. The lowest BCUT2D eigenvalue weighted by Gasteiger charge is -2.22. The lowest BCUT2D eigenvalue weighted by Crippen LogP contribution is -2.34. The van der Waals surface area contributed by atoms with E-state index in [4.69, 9.17) is 0 Å². The Kier molecular flexibility index (Phi) is 4.50. The molecule has 0 N–H and O–H groups in total. The van der Waals surface area contributed by atoms with E-state index in [1.165, 1.54) is 24.5 Å². The van der Waals surface area contributed by atoms with Crippen LogP contribution in [0.2, 0.25) is 0 Å². The molecule has 0 saturated heterocycles. The van der Waals surface area contributed by atoms with Gasteiger partial charge in [-0.25, -0.2) is 30.4 Å². The normalized spacial score (nSPS) is 15.0. The molecule has 25 heavy (non-hydrogen) atoms. The van der Waals surface area contributed by atoms with Crippen molar-refractivity contribution in [3.05, 3.63) is 59.2 Å². The predicted molar refractivity (Wildman–Crippen MR) is 76.2 cm³/mol. The van der Waals surface area contributed by atoms with Crippen LogP contribution in [0, 0.1) is 29.1 Å². The van der Waals surface area contributed by atoms with Gasteiger partial charge in [-0.2, -0.15) is 4.31 Å². The first-order valence-electron chi connectivity index (χ1n) is 7.17. The number of halogens is 5. The zero-order chi connectivity index (χ0) is 18.4. The van der Waals surface area contributed by atoms with Crippen molar-refractivity contribution in [2.45, 2.75) is 30.3 Å². The Morgan fingerprint density at radius 1 is 0.920 bits per heavy atom. The molecule has 1 heterocycles. The molecule has 1 aromatic heterocycles. The zero-order valence-corrected chi connectivity index (χ0v) is 13.3. The van der Waals surface area contributed by atoms with Crippen LogP contribution in [-0.4, -0.2) is 23.7 Å². The van der Waals surface area contributed by atoms with Crippen LogP contribution in [0.5, 0.6) is 0 Å². The van der Waals surface area contributed by atoms with Gasteiger partial charge in [-0.05, 0) is 30.5 Å². The minimum absolute atomic E-state index is 0.269. The Balaban J connectivity index is 2.11. The highest BCUT2D eigenvalue weighted by molar-refractivity contribution is 7.89. The molecule has 2 aromatic rings. The fourth-order valence-corrected chi connectivity index (χ4v) is 4.16. The van der Waals surface area contributed by atoms with E-state index >= 15 is 0 Å². The third-order valence-electron chi connectivity index (χ3n) is 3.78. The highest BCUT2D eigenvalue weighted by Gasteiger charge is 2.43. The first-order valence-corrected chi connectivity index (χ1v) is 8.61. The van der Waals surface area contributed by atoms with E-state index in [1.807, 2.05) is 0 Å². The molecule has 4 nitrogen and oxygen atoms in total. The average molecular weight is 378 g/mol. The summed E-state index contributed by atoms with van der Waals surface area (Å²) in [6, 6.07) is 2.42. The van der Waals surface area contributed by atoms with Crippen molar-refractivity contribution >= 4 is 10.0 Å². The Hall–Kier alpha value is -2.07. The van der Waals surface area contributed by atoms with Gasteiger partial charge in [-0.1, -0.05) is 0 Å². The van der Waals surface area contributed by atoms with Gasteiger partial charge in [-0.3, -0.25) is 4.98 Å². The van der Waals surface area contributed by atoms with Crippen LogP contribution in [0.15, 0.2) is 29.4 Å². The van der Waals surface area contributed by atoms with Crippen LogP contribution in [0.4, 0.5) is 22.0 Å². The molecule has 0 atom stereocenters. The smallest absolute Gasteiger partial charge is 0.249 e. The number of rotatable bonds is 5. The number of pyridine rings is 1. The molecule has 0 spiro atoms. The maximum atomic E-state index is 13.9. The summed E-state index contributed by atoms with van der Waals surface area (Å²) in [5.41, 5.74) is 0.467. The van der Waals surface area contributed by atoms with E-state index in [-0.39, 0.29) is 6.54 Å². The minimum atomic E-state index is -4.94. The summed E-state index contributed by atoms with van der Waals surface area (Å²) >= 11 is 0. The largest absolute Gasteiger partial charge is 0.265 e. The van der Waals surface area contributed by atoms with Gasteiger partial charge in [0.15, 0.2) is 28.2 Å².